The van der Waals surface area contributed by atoms with Crippen LogP contribution in [0.5, 0.6) is 0 Å². The lowest BCUT2D eigenvalue weighted by molar-refractivity contribution is 0.0912. The van der Waals surface area contributed by atoms with Crippen LogP contribution in [0.3, 0.4) is 0 Å². The fourth-order valence-electron chi connectivity index (χ4n) is 1.55. The van der Waals surface area contributed by atoms with Crippen molar-refractivity contribution in [3.05, 3.63) is 28.8 Å². The van der Waals surface area contributed by atoms with Crippen molar-refractivity contribution < 1.29 is 17.9 Å². The SMILES string of the molecule is CCCCOCCNC(=O)c1ccc(Cl)c(S(N)(=O)=O)c1. The van der Waals surface area contributed by atoms with Gasteiger partial charge in [0.05, 0.1) is 11.6 Å². The fraction of sp³-hybridized carbons (Fsp3) is 0.462. The van der Waals surface area contributed by atoms with Crippen molar-refractivity contribution in [1.82, 2.24) is 5.32 Å². The smallest absolute Gasteiger partial charge is 0.251 e. The molecule has 6 nitrogen and oxygen atoms in total. The molecular weight excluding hydrogens is 316 g/mol. The molecule has 0 heterocycles. The summed E-state index contributed by atoms with van der Waals surface area (Å²) >= 11 is 5.75. The average Bonchev–Trinajstić information content (AvgIpc) is 2.41. The number of halogens is 1. The summed E-state index contributed by atoms with van der Waals surface area (Å²) in [4.78, 5) is 11.6. The second-order valence-corrected chi connectivity index (χ2v) is 6.35. The van der Waals surface area contributed by atoms with Crippen LogP contribution in [0.25, 0.3) is 0 Å². The molecule has 0 radical (unpaired) electrons. The highest BCUT2D eigenvalue weighted by Gasteiger charge is 2.16. The van der Waals surface area contributed by atoms with E-state index in [1.807, 2.05) is 0 Å². The lowest BCUT2D eigenvalue weighted by Crippen LogP contribution is -2.27. The van der Waals surface area contributed by atoms with Crippen LogP contribution in [0.1, 0.15) is 30.1 Å². The Hall–Kier alpha value is -1.15. The van der Waals surface area contributed by atoms with Crippen LogP contribution >= 0.6 is 11.6 Å². The maximum absolute atomic E-state index is 11.9. The molecule has 0 spiro atoms. The summed E-state index contributed by atoms with van der Waals surface area (Å²) in [6.07, 6.45) is 2.02. The largest absolute Gasteiger partial charge is 0.380 e. The number of ether oxygens (including phenoxy) is 1. The molecule has 0 aromatic heterocycles. The zero-order chi connectivity index (χ0) is 15.9. The van der Waals surface area contributed by atoms with E-state index in [9.17, 15) is 13.2 Å². The second-order valence-electron chi connectivity index (χ2n) is 4.41. The van der Waals surface area contributed by atoms with E-state index in [2.05, 4.69) is 12.2 Å². The number of hydrogen-bond donors (Lipinski definition) is 2. The van der Waals surface area contributed by atoms with Crippen molar-refractivity contribution in [3.63, 3.8) is 0 Å². The molecule has 1 amide bonds. The minimum atomic E-state index is -3.96. The molecule has 1 aromatic carbocycles. The predicted molar refractivity (Wildman–Crippen MR) is 80.9 cm³/mol. The number of benzene rings is 1. The highest BCUT2D eigenvalue weighted by atomic mass is 35.5. The number of amides is 1. The van der Waals surface area contributed by atoms with Crippen molar-refractivity contribution in [2.75, 3.05) is 19.8 Å². The van der Waals surface area contributed by atoms with Crippen molar-refractivity contribution in [2.45, 2.75) is 24.7 Å². The van der Waals surface area contributed by atoms with E-state index < -0.39 is 15.9 Å². The summed E-state index contributed by atoms with van der Waals surface area (Å²) in [5.74, 6) is -0.407. The minimum absolute atomic E-state index is 0.0167. The zero-order valence-corrected chi connectivity index (χ0v) is 13.3. The third-order valence-electron chi connectivity index (χ3n) is 2.67. The molecule has 0 aliphatic carbocycles. The minimum Gasteiger partial charge on any atom is -0.380 e. The summed E-state index contributed by atoms with van der Waals surface area (Å²) in [5.41, 5.74) is 0.178. The normalized spacial score (nSPS) is 11.4. The number of sulfonamides is 1. The average molecular weight is 335 g/mol. The van der Waals surface area contributed by atoms with Gasteiger partial charge in [-0.1, -0.05) is 24.9 Å². The first kappa shape index (κ1) is 17.9. The van der Waals surface area contributed by atoms with E-state index in [0.29, 0.717) is 19.8 Å². The maximum Gasteiger partial charge on any atom is 0.251 e. The number of primary sulfonamides is 1. The molecule has 8 heteroatoms. The van der Waals surface area contributed by atoms with Gasteiger partial charge in [-0.3, -0.25) is 4.79 Å². The first-order chi connectivity index (χ1) is 9.86. The molecule has 3 N–H and O–H groups in total. The highest BCUT2D eigenvalue weighted by Crippen LogP contribution is 2.21. The first-order valence-corrected chi connectivity index (χ1v) is 8.47. The van der Waals surface area contributed by atoms with E-state index in [-0.39, 0.29) is 15.5 Å². The fourth-order valence-corrected chi connectivity index (χ4v) is 2.62. The van der Waals surface area contributed by atoms with Crippen LogP contribution in [0, 0.1) is 0 Å². The monoisotopic (exact) mass is 334 g/mol. The van der Waals surface area contributed by atoms with Crippen LogP contribution < -0.4 is 10.5 Å². The molecule has 0 bridgehead atoms. The molecule has 0 unspecified atom stereocenters. The van der Waals surface area contributed by atoms with Gasteiger partial charge in [-0.15, -0.1) is 0 Å². The molecule has 0 saturated heterocycles. The standard InChI is InChI=1S/C13H19ClN2O4S/c1-2-3-7-20-8-6-16-13(17)10-4-5-11(14)12(9-10)21(15,18)19/h4-5,9H,2-3,6-8H2,1H3,(H,16,17)(H2,15,18,19). The zero-order valence-electron chi connectivity index (χ0n) is 11.8. The van der Waals surface area contributed by atoms with E-state index in [1.54, 1.807) is 0 Å². The Bertz CT molecular complexity index is 590. The van der Waals surface area contributed by atoms with Crippen molar-refractivity contribution in [2.24, 2.45) is 5.14 Å². The number of rotatable bonds is 8. The van der Waals surface area contributed by atoms with Crippen LogP contribution in [0.15, 0.2) is 23.1 Å². The summed E-state index contributed by atoms with van der Waals surface area (Å²) in [7, 11) is -3.96. The molecular formula is C13H19ClN2O4S. The summed E-state index contributed by atoms with van der Waals surface area (Å²) < 4.78 is 28.0. The maximum atomic E-state index is 11.9. The number of nitrogens with two attached hydrogens (primary N) is 1. The second kappa shape index (κ2) is 8.33. The lowest BCUT2D eigenvalue weighted by Gasteiger charge is -2.08. The van der Waals surface area contributed by atoms with E-state index in [4.69, 9.17) is 21.5 Å². The van der Waals surface area contributed by atoms with E-state index in [0.717, 1.165) is 18.9 Å². The van der Waals surface area contributed by atoms with Crippen molar-refractivity contribution in [1.29, 1.82) is 0 Å². The van der Waals surface area contributed by atoms with Gasteiger partial charge < -0.3 is 10.1 Å². The Kier molecular flexibility index (Phi) is 7.10. The Morgan fingerprint density at radius 3 is 2.71 bits per heavy atom. The van der Waals surface area contributed by atoms with Gasteiger partial charge in [0.1, 0.15) is 4.90 Å². The molecule has 118 valence electrons. The summed E-state index contributed by atoms with van der Waals surface area (Å²) in [5, 5.41) is 7.65. The molecule has 0 aliphatic heterocycles. The number of carbonyl (C=O) groups is 1. The topological polar surface area (TPSA) is 98.5 Å². The number of carbonyl (C=O) groups excluding carboxylic acids is 1. The number of hydrogen-bond acceptors (Lipinski definition) is 4. The third kappa shape index (κ3) is 6.01. The summed E-state index contributed by atoms with van der Waals surface area (Å²) in [6, 6.07) is 3.92. The summed E-state index contributed by atoms with van der Waals surface area (Å²) in [6.45, 7) is 3.47. The Balaban J connectivity index is 2.59. The highest BCUT2D eigenvalue weighted by molar-refractivity contribution is 7.89. The quantitative estimate of drug-likeness (QED) is 0.704. The lowest BCUT2D eigenvalue weighted by atomic mass is 10.2. The van der Waals surface area contributed by atoms with Gasteiger partial charge in [0, 0.05) is 18.7 Å². The van der Waals surface area contributed by atoms with Gasteiger partial charge in [0.25, 0.3) is 5.91 Å². The van der Waals surface area contributed by atoms with E-state index >= 15 is 0 Å². The Morgan fingerprint density at radius 1 is 1.38 bits per heavy atom. The van der Waals surface area contributed by atoms with Gasteiger partial charge in [-0.25, -0.2) is 13.6 Å². The first-order valence-electron chi connectivity index (χ1n) is 6.54. The molecule has 21 heavy (non-hydrogen) atoms. The van der Waals surface area contributed by atoms with Gasteiger partial charge in [0.2, 0.25) is 10.0 Å². The van der Waals surface area contributed by atoms with Gasteiger partial charge in [0.15, 0.2) is 0 Å². The van der Waals surface area contributed by atoms with E-state index in [1.165, 1.54) is 12.1 Å². The Morgan fingerprint density at radius 2 is 2.10 bits per heavy atom. The van der Waals surface area contributed by atoms with Gasteiger partial charge >= 0.3 is 0 Å². The van der Waals surface area contributed by atoms with Crippen molar-refractivity contribution >= 4 is 27.5 Å². The van der Waals surface area contributed by atoms with Crippen LogP contribution in [-0.4, -0.2) is 34.1 Å². The van der Waals surface area contributed by atoms with Crippen LogP contribution in [0.4, 0.5) is 0 Å². The third-order valence-corrected chi connectivity index (χ3v) is 4.07. The number of unbranched alkanes of at least 4 members (excludes halogenated alkanes) is 1. The molecule has 0 aliphatic rings. The number of nitrogens with one attached hydrogen (secondary N) is 1. The molecule has 0 atom stereocenters. The molecule has 1 rings (SSSR count). The van der Waals surface area contributed by atoms with Crippen LogP contribution in [0.2, 0.25) is 5.02 Å². The molecule has 0 fully saturated rings. The van der Waals surface area contributed by atoms with Crippen LogP contribution in [-0.2, 0) is 14.8 Å². The molecule has 1 aromatic rings. The van der Waals surface area contributed by atoms with Gasteiger partial charge in [-0.05, 0) is 24.6 Å². The van der Waals surface area contributed by atoms with Crippen molar-refractivity contribution in [3.8, 4) is 0 Å². The van der Waals surface area contributed by atoms with Gasteiger partial charge in [-0.2, -0.15) is 0 Å². The molecule has 0 saturated carbocycles. The predicted octanol–water partition coefficient (Wildman–Crippen LogP) is 1.53. The Labute approximate surface area is 129 Å².